The lowest BCUT2D eigenvalue weighted by molar-refractivity contribution is -0.384. The number of benzene rings is 3. The maximum atomic E-state index is 11.1. The number of nitrogens with zero attached hydrogens (tertiary/aromatic N) is 4. The van der Waals surface area contributed by atoms with Gasteiger partial charge in [0.05, 0.1) is 29.7 Å². The van der Waals surface area contributed by atoms with Crippen LogP contribution >= 0.6 is 0 Å². The van der Waals surface area contributed by atoms with Gasteiger partial charge in [0.2, 0.25) is 0 Å². The van der Waals surface area contributed by atoms with Crippen LogP contribution in [0, 0.1) is 10.1 Å². The van der Waals surface area contributed by atoms with Crippen molar-refractivity contribution in [3.05, 3.63) is 83.0 Å². The fourth-order valence-corrected chi connectivity index (χ4v) is 3.54. The Morgan fingerprint density at radius 1 is 0.909 bits per heavy atom. The number of nitro groups is 1. The molecule has 168 valence electrons. The Kier molecular flexibility index (Phi) is 6.72. The van der Waals surface area contributed by atoms with Crippen LogP contribution < -0.4 is 4.74 Å². The van der Waals surface area contributed by atoms with Crippen molar-refractivity contribution in [1.29, 1.82) is 0 Å². The molecule has 1 aromatic heterocycles. The number of hydrogen-bond donors (Lipinski definition) is 2. The van der Waals surface area contributed by atoms with Crippen molar-refractivity contribution in [2.45, 2.75) is 6.54 Å². The molecule has 0 radical (unpaired) electrons. The molecule has 0 fully saturated rings. The Morgan fingerprint density at radius 2 is 1.70 bits per heavy atom. The van der Waals surface area contributed by atoms with Crippen LogP contribution in [0.15, 0.2) is 83.2 Å². The second-order valence-corrected chi connectivity index (χ2v) is 7.21. The number of fused-ring (bicyclic) bond motifs is 1. The molecule has 0 unspecified atom stereocenters. The fourth-order valence-electron chi connectivity index (χ4n) is 3.54. The van der Waals surface area contributed by atoms with E-state index in [0.717, 1.165) is 22.0 Å². The standard InChI is InChI=1S/C24H22N4O5/c29-11-10-27-16-22(20-14-18(6-9-23(20)27)17-4-2-1-3-5-17)26-25-21-8-7-19(28(31)32)15-24(21)33-13-12-30/h1-9,14-16,29-30H,10-13H2. The third-order valence-electron chi connectivity index (χ3n) is 5.08. The molecule has 9 nitrogen and oxygen atoms in total. The van der Waals surface area contributed by atoms with Gasteiger partial charge < -0.3 is 19.5 Å². The molecule has 0 aliphatic heterocycles. The summed E-state index contributed by atoms with van der Waals surface area (Å²) in [5, 5.41) is 39.1. The summed E-state index contributed by atoms with van der Waals surface area (Å²) in [6, 6.07) is 20.0. The largest absolute Gasteiger partial charge is 0.489 e. The lowest BCUT2D eigenvalue weighted by Crippen LogP contribution is -2.02. The number of aromatic nitrogens is 1. The van der Waals surface area contributed by atoms with E-state index in [0.29, 0.717) is 17.9 Å². The van der Waals surface area contributed by atoms with Crippen LogP contribution in [0.5, 0.6) is 5.75 Å². The maximum Gasteiger partial charge on any atom is 0.273 e. The summed E-state index contributed by atoms with van der Waals surface area (Å²) < 4.78 is 7.33. The van der Waals surface area contributed by atoms with Crippen molar-refractivity contribution in [1.82, 2.24) is 4.57 Å². The van der Waals surface area contributed by atoms with Crippen LogP contribution in [0.1, 0.15) is 0 Å². The van der Waals surface area contributed by atoms with Gasteiger partial charge in [-0.05, 0) is 29.3 Å². The Bertz CT molecular complexity index is 1300. The highest BCUT2D eigenvalue weighted by Crippen LogP contribution is 2.36. The quantitative estimate of drug-likeness (QED) is 0.213. The Labute approximate surface area is 189 Å². The highest BCUT2D eigenvalue weighted by atomic mass is 16.6. The Hall–Kier alpha value is -4.08. The minimum atomic E-state index is -0.527. The first kappa shape index (κ1) is 22.1. The van der Waals surface area contributed by atoms with Gasteiger partial charge in [-0.15, -0.1) is 10.2 Å². The van der Waals surface area contributed by atoms with E-state index in [1.165, 1.54) is 18.2 Å². The van der Waals surface area contributed by atoms with E-state index in [4.69, 9.17) is 9.84 Å². The van der Waals surface area contributed by atoms with E-state index in [9.17, 15) is 15.2 Å². The fraction of sp³-hybridized carbons (Fsp3) is 0.167. The minimum absolute atomic E-state index is 0.0255. The second kappa shape index (κ2) is 10.0. The van der Waals surface area contributed by atoms with Crippen LogP contribution in [0.2, 0.25) is 0 Å². The molecule has 0 saturated carbocycles. The van der Waals surface area contributed by atoms with Crippen molar-refractivity contribution in [3.8, 4) is 16.9 Å². The van der Waals surface area contributed by atoms with Crippen LogP contribution in [-0.4, -0.2) is 39.5 Å². The zero-order chi connectivity index (χ0) is 23.2. The van der Waals surface area contributed by atoms with Crippen LogP contribution in [-0.2, 0) is 6.54 Å². The molecule has 0 atom stereocenters. The molecular weight excluding hydrogens is 424 g/mol. The normalized spacial score (nSPS) is 11.3. The first-order chi connectivity index (χ1) is 16.1. The monoisotopic (exact) mass is 446 g/mol. The molecule has 0 amide bonds. The summed E-state index contributed by atoms with van der Waals surface area (Å²) in [5.74, 6) is 0.158. The van der Waals surface area contributed by atoms with Crippen LogP contribution in [0.25, 0.3) is 22.0 Å². The topological polar surface area (TPSA) is 122 Å². The van der Waals surface area contributed by atoms with E-state index in [1.807, 2.05) is 53.1 Å². The number of ether oxygens (including phenoxy) is 1. The first-order valence-corrected chi connectivity index (χ1v) is 10.3. The molecule has 3 aromatic carbocycles. The molecule has 4 rings (SSSR count). The van der Waals surface area contributed by atoms with Gasteiger partial charge in [0.15, 0.2) is 5.75 Å². The molecule has 0 bridgehead atoms. The number of aliphatic hydroxyl groups is 2. The number of hydrogen-bond acceptors (Lipinski definition) is 7. The molecule has 33 heavy (non-hydrogen) atoms. The van der Waals surface area contributed by atoms with Crippen molar-refractivity contribution in [2.75, 3.05) is 19.8 Å². The summed E-state index contributed by atoms with van der Waals surface area (Å²) in [6.07, 6.45) is 1.80. The summed E-state index contributed by atoms with van der Waals surface area (Å²) in [5.41, 5.74) is 3.72. The highest BCUT2D eigenvalue weighted by Gasteiger charge is 2.14. The van der Waals surface area contributed by atoms with Crippen LogP contribution in [0.3, 0.4) is 0 Å². The number of non-ortho nitro benzene ring substituents is 1. The second-order valence-electron chi connectivity index (χ2n) is 7.21. The zero-order valence-corrected chi connectivity index (χ0v) is 17.7. The van der Waals surface area contributed by atoms with Gasteiger partial charge >= 0.3 is 0 Å². The summed E-state index contributed by atoms with van der Waals surface area (Å²) in [7, 11) is 0. The van der Waals surface area contributed by atoms with Crippen molar-refractivity contribution in [3.63, 3.8) is 0 Å². The van der Waals surface area contributed by atoms with Gasteiger partial charge in [0.1, 0.15) is 18.0 Å². The summed E-state index contributed by atoms with van der Waals surface area (Å²) in [4.78, 5) is 10.6. The van der Waals surface area contributed by atoms with E-state index < -0.39 is 4.92 Å². The molecule has 4 aromatic rings. The third-order valence-corrected chi connectivity index (χ3v) is 5.08. The molecule has 9 heteroatoms. The Balaban J connectivity index is 1.76. The van der Waals surface area contributed by atoms with Crippen molar-refractivity contribution >= 4 is 28.0 Å². The molecule has 0 aliphatic carbocycles. The average molecular weight is 446 g/mol. The molecule has 0 spiro atoms. The molecular formula is C24H22N4O5. The predicted molar refractivity (Wildman–Crippen MR) is 124 cm³/mol. The lowest BCUT2D eigenvalue weighted by atomic mass is 10.0. The lowest BCUT2D eigenvalue weighted by Gasteiger charge is -2.06. The predicted octanol–water partition coefficient (Wildman–Crippen LogP) is 5.00. The van der Waals surface area contributed by atoms with Crippen molar-refractivity contribution < 1.29 is 19.9 Å². The van der Waals surface area contributed by atoms with Crippen molar-refractivity contribution in [2.24, 2.45) is 10.2 Å². The molecule has 1 heterocycles. The van der Waals surface area contributed by atoms with Crippen LogP contribution in [0.4, 0.5) is 17.1 Å². The molecule has 0 saturated heterocycles. The number of aliphatic hydroxyl groups excluding tert-OH is 2. The smallest absolute Gasteiger partial charge is 0.273 e. The van der Waals surface area contributed by atoms with Gasteiger partial charge in [0.25, 0.3) is 5.69 Å². The summed E-state index contributed by atoms with van der Waals surface area (Å²) >= 11 is 0. The highest BCUT2D eigenvalue weighted by molar-refractivity contribution is 5.94. The molecule has 0 aliphatic rings. The maximum absolute atomic E-state index is 11.1. The van der Waals surface area contributed by atoms with Gasteiger partial charge in [-0.3, -0.25) is 10.1 Å². The van der Waals surface area contributed by atoms with Gasteiger partial charge in [-0.2, -0.15) is 0 Å². The van der Waals surface area contributed by atoms with Gasteiger partial charge in [-0.1, -0.05) is 36.4 Å². The van der Waals surface area contributed by atoms with E-state index >= 15 is 0 Å². The first-order valence-electron chi connectivity index (χ1n) is 10.3. The number of azo groups is 1. The third kappa shape index (κ3) is 4.89. The van der Waals surface area contributed by atoms with Gasteiger partial charge in [0, 0.05) is 24.2 Å². The molecule has 2 N–H and O–H groups in total. The van der Waals surface area contributed by atoms with E-state index in [1.54, 1.807) is 6.20 Å². The zero-order valence-electron chi connectivity index (χ0n) is 17.7. The average Bonchev–Trinajstić information content (AvgIpc) is 3.19. The van der Waals surface area contributed by atoms with E-state index in [-0.39, 0.29) is 31.3 Å². The van der Waals surface area contributed by atoms with Gasteiger partial charge in [-0.25, -0.2) is 0 Å². The minimum Gasteiger partial charge on any atom is -0.489 e. The number of rotatable bonds is 9. The Morgan fingerprint density at radius 3 is 2.42 bits per heavy atom. The van der Waals surface area contributed by atoms with E-state index in [2.05, 4.69) is 10.2 Å². The SMILES string of the molecule is O=[N+]([O-])c1ccc(N=Nc2cn(CCO)c3ccc(-c4ccccc4)cc23)c(OCCO)c1. The number of nitro benzene ring substituents is 1. The summed E-state index contributed by atoms with van der Waals surface area (Å²) in [6.45, 7) is 0.109.